The highest BCUT2D eigenvalue weighted by Gasteiger charge is 2.51. The first kappa shape index (κ1) is 14.3. The zero-order valence-corrected chi connectivity index (χ0v) is 9.88. The highest BCUT2D eigenvalue weighted by atomic mass is 16.8. The van der Waals surface area contributed by atoms with Crippen molar-refractivity contribution in [2.45, 2.75) is 13.2 Å². The molecule has 1 heterocycles. The molecule has 0 radical (unpaired) electrons. The summed E-state index contributed by atoms with van der Waals surface area (Å²) in [5, 5.41) is 8.67. The van der Waals surface area contributed by atoms with Crippen LogP contribution in [0.3, 0.4) is 0 Å². The maximum absolute atomic E-state index is 11.8. The molecule has 1 rings (SSSR count). The highest BCUT2D eigenvalue weighted by Crippen LogP contribution is 2.31. The van der Waals surface area contributed by atoms with Crippen molar-refractivity contribution in [1.29, 1.82) is 0 Å². The lowest BCUT2D eigenvalue weighted by Crippen LogP contribution is -2.52. The van der Waals surface area contributed by atoms with Crippen molar-refractivity contribution in [1.82, 2.24) is 0 Å². The van der Waals surface area contributed by atoms with Crippen LogP contribution in [-0.4, -0.2) is 49.9 Å². The van der Waals surface area contributed by atoms with Crippen molar-refractivity contribution in [3.8, 4) is 12.3 Å². The molecule has 2 atom stereocenters. The van der Waals surface area contributed by atoms with Crippen molar-refractivity contribution >= 4 is 12.1 Å². The summed E-state index contributed by atoms with van der Waals surface area (Å²) in [7, 11) is 0. The number of ether oxygens (including phenoxy) is 4. The number of hydrogen-bond donors (Lipinski definition) is 1. The summed E-state index contributed by atoms with van der Waals surface area (Å²) in [6.07, 6.45) is 2.85. The van der Waals surface area contributed by atoms with Crippen LogP contribution in [0.15, 0.2) is 0 Å². The molecule has 7 heteroatoms. The Hall–Kier alpha value is -1.78. The van der Waals surface area contributed by atoms with Gasteiger partial charge in [0.25, 0.3) is 0 Å². The molecule has 0 aliphatic carbocycles. The minimum absolute atomic E-state index is 0.0873. The minimum atomic E-state index is -1.32. The molecule has 1 aliphatic heterocycles. The summed E-state index contributed by atoms with van der Waals surface area (Å²) in [6, 6.07) is 0. The second kappa shape index (κ2) is 6.23. The molecule has 1 fully saturated rings. The Morgan fingerprint density at radius 2 is 2.44 bits per heavy atom. The average Bonchev–Trinajstić information content (AvgIpc) is 2.37. The van der Waals surface area contributed by atoms with E-state index in [0.29, 0.717) is 0 Å². The fourth-order valence-electron chi connectivity index (χ4n) is 1.33. The lowest BCUT2D eigenvalue weighted by molar-refractivity contribution is -0.233. The van der Waals surface area contributed by atoms with E-state index in [1.54, 1.807) is 0 Å². The third-order valence-corrected chi connectivity index (χ3v) is 2.33. The zero-order valence-electron chi connectivity index (χ0n) is 9.88. The molecule has 7 nitrogen and oxygen atoms in total. The maximum Gasteiger partial charge on any atom is 0.510 e. The van der Waals surface area contributed by atoms with Crippen molar-refractivity contribution < 1.29 is 33.6 Å². The number of carbonyl (C=O) groups excluding carboxylic acids is 2. The SMILES string of the molecule is C#CCOC(=O)C1(C)COC(=O)OC1OCCO. The number of esters is 1. The van der Waals surface area contributed by atoms with Crippen molar-refractivity contribution in [2.24, 2.45) is 5.41 Å². The molecule has 0 bridgehead atoms. The van der Waals surface area contributed by atoms with E-state index >= 15 is 0 Å². The summed E-state index contributed by atoms with van der Waals surface area (Å²) in [5.41, 5.74) is -1.32. The number of terminal acetylenes is 1. The van der Waals surface area contributed by atoms with Crippen LogP contribution < -0.4 is 0 Å². The van der Waals surface area contributed by atoms with Gasteiger partial charge in [-0.3, -0.25) is 4.79 Å². The standard InChI is InChI=1S/C11H14O7/c1-3-5-15-8(13)11(2)7-17-10(14)18-9(11)16-6-4-12/h1,9,12H,4-7H2,2H3. The lowest BCUT2D eigenvalue weighted by atomic mass is 9.90. The monoisotopic (exact) mass is 258 g/mol. The Morgan fingerprint density at radius 3 is 3.06 bits per heavy atom. The molecule has 0 aromatic heterocycles. The van der Waals surface area contributed by atoms with Gasteiger partial charge in [-0.2, -0.15) is 0 Å². The van der Waals surface area contributed by atoms with Crippen LogP contribution in [0.1, 0.15) is 6.92 Å². The molecule has 100 valence electrons. The van der Waals surface area contributed by atoms with Gasteiger partial charge in [-0.1, -0.05) is 5.92 Å². The fourth-order valence-corrected chi connectivity index (χ4v) is 1.33. The van der Waals surface area contributed by atoms with Gasteiger partial charge in [0, 0.05) is 0 Å². The second-order valence-electron chi connectivity index (χ2n) is 3.78. The predicted octanol–water partition coefficient (Wildman–Crippen LogP) is -0.329. The Bertz CT molecular complexity index is 359. The number of hydrogen-bond acceptors (Lipinski definition) is 7. The van der Waals surface area contributed by atoms with Crippen molar-refractivity contribution in [3.05, 3.63) is 0 Å². The van der Waals surface area contributed by atoms with E-state index in [2.05, 4.69) is 10.7 Å². The van der Waals surface area contributed by atoms with Crippen LogP contribution in [-0.2, 0) is 23.7 Å². The number of rotatable bonds is 5. The molecule has 1 N–H and O–H groups in total. The second-order valence-corrected chi connectivity index (χ2v) is 3.78. The Morgan fingerprint density at radius 1 is 1.72 bits per heavy atom. The maximum atomic E-state index is 11.8. The summed E-state index contributed by atoms with van der Waals surface area (Å²) >= 11 is 0. The van der Waals surface area contributed by atoms with Crippen molar-refractivity contribution in [3.63, 3.8) is 0 Å². The zero-order chi connectivity index (χ0) is 13.6. The highest BCUT2D eigenvalue weighted by molar-refractivity contribution is 5.79. The summed E-state index contributed by atoms with van der Waals surface area (Å²) in [4.78, 5) is 22.8. The van der Waals surface area contributed by atoms with Crippen LogP contribution >= 0.6 is 0 Å². The van der Waals surface area contributed by atoms with Crippen molar-refractivity contribution in [2.75, 3.05) is 26.4 Å². The number of aliphatic hydroxyl groups is 1. The third-order valence-electron chi connectivity index (χ3n) is 2.33. The lowest BCUT2D eigenvalue weighted by Gasteiger charge is -2.36. The topological polar surface area (TPSA) is 91.3 Å². The van der Waals surface area contributed by atoms with Gasteiger partial charge in [-0.15, -0.1) is 6.42 Å². The molecular formula is C11H14O7. The molecule has 1 aliphatic rings. The van der Waals surface area contributed by atoms with E-state index in [9.17, 15) is 9.59 Å². The Balaban J connectivity index is 2.76. The molecular weight excluding hydrogens is 244 g/mol. The molecule has 1 saturated heterocycles. The van der Waals surface area contributed by atoms with Gasteiger partial charge < -0.3 is 24.1 Å². The number of carbonyl (C=O) groups is 2. The fraction of sp³-hybridized carbons (Fsp3) is 0.636. The van der Waals surface area contributed by atoms with E-state index < -0.39 is 23.8 Å². The van der Waals surface area contributed by atoms with Crippen LogP contribution in [0.4, 0.5) is 4.79 Å². The normalized spacial score (nSPS) is 26.7. The molecule has 18 heavy (non-hydrogen) atoms. The van der Waals surface area contributed by atoms with Crippen LogP contribution in [0, 0.1) is 17.8 Å². The summed E-state index contributed by atoms with van der Waals surface area (Å²) in [5.74, 6) is 1.45. The predicted molar refractivity (Wildman–Crippen MR) is 57.2 cm³/mol. The van der Waals surface area contributed by atoms with Gasteiger partial charge in [0.05, 0.1) is 13.2 Å². The first-order valence-electron chi connectivity index (χ1n) is 5.21. The quantitative estimate of drug-likeness (QED) is 0.533. The number of aliphatic hydroxyl groups excluding tert-OH is 1. The average molecular weight is 258 g/mol. The molecule has 0 spiro atoms. The molecule has 0 aromatic rings. The van der Waals surface area contributed by atoms with Crippen LogP contribution in [0.25, 0.3) is 0 Å². The first-order valence-corrected chi connectivity index (χ1v) is 5.21. The van der Waals surface area contributed by atoms with Gasteiger partial charge in [-0.05, 0) is 6.92 Å². The molecule has 0 amide bonds. The van der Waals surface area contributed by atoms with E-state index in [1.165, 1.54) is 6.92 Å². The molecule has 2 unspecified atom stereocenters. The smallest absolute Gasteiger partial charge is 0.452 e. The van der Waals surface area contributed by atoms with E-state index in [0.717, 1.165) is 0 Å². The van der Waals surface area contributed by atoms with Gasteiger partial charge in [-0.25, -0.2) is 4.79 Å². The van der Waals surface area contributed by atoms with Gasteiger partial charge in [0.15, 0.2) is 12.0 Å². The van der Waals surface area contributed by atoms with Crippen LogP contribution in [0.5, 0.6) is 0 Å². The van der Waals surface area contributed by atoms with Crippen LogP contribution in [0.2, 0.25) is 0 Å². The van der Waals surface area contributed by atoms with Gasteiger partial charge in [0.1, 0.15) is 6.61 Å². The largest absolute Gasteiger partial charge is 0.510 e. The van der Waals surface area contributed by atoms with E-state index in [-0.39, 0.29) is 26.4 Å². The molecule has 0 saturated carbocycles. The number of cyclic esters (lactones) is 2. The first-order chi connectivity index (χ1) is 8.54. The Labute approximate surface area is 104 Å². The van der Waals surface area contributed by atoms with Gasteiger partial charge in [0.2, 0.25) is 6.29 Å². The molecule has 0 aromatic carbocycles. The third kappa shape index (κ3) is 3.12. The summed E-state index contributed by atoms with van der Waals surface area (Å²) < 4.78 is 19.3. The van der Waals surface area contributed by atoms with E-state index in [1.807, 2.05) is 0 Å². The Kier molecular flexibility index (Phi) is 4.95. The van der Waals surface area contributed by atoms with E-state index in [4.69, 9.17) is 25.7 Å². The van der Waals surface area contributed by atoms with Gasteiger partial charge >= 0.3 is 12.1 Å². The summed E-state index contributed by atoms with van der Waals surface area (Å²) in [6.45, 7) is 0.654. The minimum Gasteiger partial charge on any atom is -0.452 e.